The number of rotatable bonds is 9. The summed E-state index contributed by atoms with van der Waals surface area (Å²) in [5.74, 6) is 0.587. The van der Waals surface area contributed by atoms with Crippen LogP contribution in [0.1, 0.15) is 31.7 Å². The monoisotopic (exact) mass is 436 g/mol. The molecule has 0 aliphatic rings. The Morgan fingerprint density at radius 3 is 2.63 bits per heavy atom. The van der Waals surface area contributed by atoms with Crippen molar-refractivity contribution in [3.05, 3.63) is 47.5 Å². The summed E-state index contributed by atoms with van der Waals surface area (Å²) in [6.45, 7) is 2.29. The average Bonchev–Trinajstić information content (AvgIpc) is 3.20. The third-order valence-electron chi connectivity index (χ3n) is 4.36. The van der Waals surface area contributed by atoms with Gasteiger partial charge in [-0.05, 0) is 36.8 Å². The molecule has 30 heavy (non-hydrogen) atoms. The van der Waals surface area contributed by atoms with E-state index in [0.29, 0.717) is 16.5 Å². The average molecular weight is 437 g/mol. The van der Waals surface area contributed by atoms with Crippen molar-refractivity contribution in [2.24, 2.45) is 0 Å². The van der Waals surface area contributed by atoms with Gasteiger partial charge in [0.25, 0.3) is 0 Å². The highest BCUT2D eigenvalue weighted by atomic mass is 32.1. The summed E-state index contributed by atoms with van der Waals surface area (Å²) in [5.41, 5.74) is 1.02. The molecule has 0 atom stereocenters. The van der Waals surface area contributed by atoms with E-state index in [1.165, 1.54) is 17.4 Å². The Kier molecular flexibility index (Phi) is 7.15. The van der Waals surface area contributed by atoms with Gasteiger partial charge in [-0.2, -0.15) is 13.2 Å². The van der Waals surface area contributed by atoms with E-state index in [4.69, 9.17) is 4.74 Å². The maximum absolute atomic E-state index is 13.5. The second kappa shape index (κ2) is 9.80. The minimum absolute atomic E-state index is 0.153. The summed E-state index contributed by atoms with van der Waals surface area (Å²) in [4.78, 5) is 8.70. The van der Waals surface area contributed by atoms with E-state index in [2.05, 4.69) is 20.6 Å². The largest absolute Gasteiger partial charge is 0.493 e. The van der Waals surface area contributed by atoms with Crippen molar-refractivity contribution in [1.29, 1.82) is 0 Å². The molecule has 0 unspecified atom stereocenters. The van der Waals surface area contributed by atoms with Gasteiger partial charge in [-0.15, -0.1) is 11.3 Å². The van der Waals surface area contributed by atoms with Gasteiger partial charge in [0.2, 0.25) is 0 Å². The normalized spacial score (nSPS) is 11.4. The lowest BCUT2D eigenvalue weighted by Crippen LogP contribution is -2.10. The zero-order valence-corrected chi connectivity index (χ0v) is 17.5. The molecule has 3 aromatic rings. The van der Waals surface area contributed by atoms with Crippen LogP contribution >= 0.6 is 11.3 Å². The highest BCUT2D eigenvalue weighted by Gasteiger charge is 2.34. The highest BCUT2D eigenvalue weighted by Crippen LogP contribution is 2.39. The van der Waals surface area contributed by atoms with Crippen LogP contribution in [0.2, 0.25) is 0 Å². The van der Waals surface area contributed by atoms with Crippen LogP contribution in [0, 0.1) is 0 Å². The van der Waals surface area contributed by atoms with Crippen molar-refractivity contribution in [1.82, 2.24) is 9.97 Å². The molecule has 0 saturated carbocycles. The van der Waals surface area contributed by atoms with Crippen LogP contribution in [0.3, 0.4) is 0 Å². The second-order valence-electron chi connectivity index (χ2n) is 6.61. The van der Waals surface area contributed by atoms with Crippen molar-refractivity contribution in [2.75, 3.05) is 24.3 Å². The number of unbranched alkanes of at least 4 members (excludes halogenated alkanes) is 2. The Morgan fingerprint density at radius 2 is 1.97 bits per heavy atom. The van der Waals surface area contributed by atoms with Crippen LogP contribution in [0.4, 0.5) is 29.8 Å². The van der Waals surface area contributed by atoms with Gasteiger partial charge < -0.3 is 15.4 Å². The first kappa shape index (κ1) is 21.9. The van der Waals surface area contributed by atoms with Crippen molar-refractivity contribution in [3.8, 4) is 17.0 Å². The fraction of sp³-hybridized carbons (Fsp3) is 0.333. The molecule has 5 nitrogen and oxygen atoms in total. The Balaban J connectivity index is 1.75. The molecule has 0 aliphatic heterocycles. The van der Waals surface area contributed by atoms with Crippen molar-refractivity contribution in [2.45, 2.75) is 32.4 Å². The fourth-order valence-electron chi connectivity index (χ4n) is 2.77. The molecule has 9 heteroatoms. The molecule has 2 N–H and O–H groups in total. The molecule has 1 aromatic carbocycles. The van der Waals surface area contributed by atoms with E-state index in [1.54, 1.807) is 19.3 Å². The first-order valence-electron chi connectivity index (χ1n) is 9.61. The van der Waals surface area contributed by atoms with Gasteiger partial charge >= 0.3 is 6.18 Å². The molecular weight excluding hydrogens is 413 g/mol. The van der Waals surface area contributed by atoms with E-state index < -0.39 is 11.7 Å². The minimum Gasteiger partial charge on any atom is -0.493 e. The van der Waals surface area contributed by atoms with Gasteiger partial charge in [-0.25, -0.2) is 9.97 Å². The molecule has 0 amide bonds. The lowest BCUT2D eigenvalue weighted by atomic mass is 10.1. The SMILES string of the molecule is CCCCCOc1ccc(Nc2nc(-c3ccc(NC)nc3)cs2)cc1C(F)(F)F. The number of ether oxygens (including phenoxy) is 1. The van der Waals surface area contributed by atoms with Gasteiger partial charge in [-0.1, -0.05) is 19.8 Å². The topological polar surface area (TPSA) is 59.1 Å². The van der Waals surface area contributed by atoms with Gasteiger partial charge in [0.15, 0.2) is 5.13 Å². The van der Waals surface area contributed by atoms with Crippen LogP contribution in [0.15, 0.2) is 41.9 Å². The summed E-state index contributed by atoms with van der Waals surface area (Å²) in [5, 5.41) is 8.21. The number of thiazole rings is 1. The van der Waals surface area contributed by atoms with Gasteiger partial charge in [0, 0.05) is 29.9 Å². The standard InChI is InChI=1S/C21H23F3N4OS/c1-3-4-5-10-29-18-8-7-15(11-16(18)21(22,23)24)27-20-28-17(13-30-20)14-6-9-19(25-2)26-12-14/h6-9,11-13H,3-5,10H2,1-2H3,(H,25,26)(H,27,28). The number of halogens is 3. The molecule has 160 valence electrons. The number of hydrogen-bond donors (Lipinski definition) is 2. The zero-order valence-electron chi connectivity index (χ0n) is 16.7. The number of aromatic nitrogens is 2. The highest BCUT2D eigenvalue weighted by molar-refractivity contribution is 7.14. The van der Waals surface area contributed by atoms with Crippen LogP contribution in [0.5, 0.6) is 5.75 Å². The van der Waals surface area contributed by atoms with E-state index in [-0.39, 0.29) is 12.4 Å². The second-order valence-corrected chi connectivity index (χ2v) is 7.47. The summed E-state index contributed by atoms with van der Waals surface area (Å²) in [7, 11) is 1.78. The van der Waals surface area contributed by atoms with Crippen molar-refractivity contribution in [3.63, 3.8) is 0 Å². The quantitative estimate of drug-likeness (QED) is 0.371. The van der Waals surface area contributed by atoms with Crippen LogP contribution in [-0.2, 0) is 6.18 Å². The van der Waals surface area contributed by atoms with Crippen LogP contribution in [0.25, 0.3) is 11.3 Å². The van der Waals surface area contributed by atoms with E-state index in [1.807, 2.05) is 24.4 Å². The Labute approximate surface area is 177 Å². The van der Waals surface area contributed by atoms with Crippen molar-refractivity contribution < 1.29 is 17.9 Å². The molecular formula is C21H23F3N4OS. The number of nitrogens with zero attached hydrogens (tertiary/aromatic N) is 2. The molecule has 3 rings (SSSR count). The van der Waals surface area contributed by atoms with E-state index in [9.17, 15) is 13.2 Å². The van der Waals surface area contributed by atoms with E-state index >= 15 is 0 Å². The molecule has 2 aromatic heterocycles. The zero-order chi connectivity index (χ0) is 21.6. The number of hydrogen-bond acceptors (Lipinski definition) is 6. The summed E-state index contributed by atoms with van der Waals surface area (Å²) >= 11 is 1.31. The first-order valence-corrected chi connectivity index (χ1v) is 10.5. The Hall–Kier alpha value is -2.81. The smallest absolute Gasteiger partial charge is 0.420 e. The molecule has 0 bridgehead atoms. The van der Waals surface area contributed by atoms with Gasteiger partial charge in [0.05, 0.1) is 17.9 Å². The number of anilines is 3. The van der Waals surface area contributed by atoms with Crippen molar-refractivity contribution >= 4 is 28.0 Å². The van der Waals surface area contributed by atoms with Crippen LogP contribution in [-0.4, -0.2) is 23.6 Å². The van der Waals surface area contributed by atoms with Crippen LogP contribution < -0.4 is 15.4 Å². The van der Waals surface area contributed by atoms with Gasteiger partial charge in [-0.3, -0.25) is 0 Å². The maximum Gasteiger partial charge on any atom is 0.420 e. The lowest BCUT2D eigenvalue weighted by Gasteiger charge is -2.15. The lowest BCUT2D eigenvalue weighted by molar-refractivity contribution is -0.138. The molecule has 0 saturated heterocycles. The Morgan fingerprint density at radius 1 is 1.13 bits per heavy atom. The van der Waals surface area contributed by atoms with E-state index in [0.717, 1.165) is 36.7 Å². The molecule has 0 aliphatic carbocycles. The number of pyridine rings is 1. The summed E-state index contributed by atoms with van der Waals surface area (Å²) < 4.78 is 45.9. The maximum atomic E-state index is 13.5. The molecule has 0 spiro atoms. The van der Waals surface area contributed by atoms with Gasteiger partial charge in [0.1, 0.15) is 11.6 Å². The predicted octanol–water partition coefficient (Wildman–Crippen LogP) is 6.58. The minimum atomic E-state index is -4.51. The third kappa shape index (κ3) is 5.63. The fourth-order valence-corrected chi connectivity index (χ4v) is 3.51. The summed E-state index contributed by atoms with van der Waals surface area (Å²) in [6, 6.07) is 7.68. The number of alkyl halides is 3. The number of benzene rings is 1. The predicted molar refractivity (Wildman–Crippen MR) is 115 cm³/mol. The first-order chi connectivity index (χ1) is 14.4. The molecule has 0 radical (unpaired) electrons. The summed E-state index contributed by atoms with van der Waals surface area (Å²) in [6.07, 6.45) is -0.200. The number of nitrogens with one attached hydrogen (secondary N) is 2. The molecule has 2 heterocycles. The molecule has 0 fully saturated rings. The Bertz CT molecular complexity index is 958. The third-order valence-corrected chi connectivity index (χ3v) is 5.12.